The first-order valence-corrected chi connectivity index (χ1v) is 3.06. The summed E-state index contributed by atoms with van der Waals surface area (Å²) in [5.41, 5.74) is 1.10. The van der Waals surface area contributed by atoms with Gasteiger partial charge in [-0.25, -0.2) is 0 Å². The minimum absolute atomic E-state index is 0. The van der Waals surface area contributed by atoms with E-state index in [1.165, 1.54) is 0 Å². The number of nitrogens with zero attached hydrogens (tertiary/aromatic N) is 1. The lowest BCUT2D eigenvalue weighted by molar-refractivity contribution is -0.865. The van der Waals surface area contributed by atoms with Gasteiger partial charge in [-0.15, -0.1) is 0 Å². The van der Waals surface area contributed by atoms with E-state index in [-0.39, 0.29) is 12.4 Å². The zero-order valence-electron chi connectivity index (χ0n) is 7.02. The molecule has 0 radical (unpaired) electrons. The highest BCUT2D eigenvalue weighted by atomic mass is 35.5. The Labute approximate surface area is 70.0 Å². The van der Waals surface area contributed by atoms with Crippen molar-refractivity contribution in [2.45, 2.75) is 0 Å². The van der Waals surface area contributed by atoms with Crippen LogP contribution in [0, 0.1) is 0 Å². The summed E-state index contributed by atoms with van der Waals surface area (Å²) in [7, 11) is 6.40. The Balaban J connectivity index is 0. The van der Waals surface area contributed by atoms with Gasteiger partial charge >= 0.3 is 0 Å². The molecule has 0 aliphatic heterocycles. The molecule has 10 heavy (non-hydrogen) atoms. The van der Waals surface area contributed by atoms with Crippen molar-refractivity contribution >= 4 is 0 Å². The molecule has 0 saturated carbocycles. The van der Waals surface area contributed by atoms with E-state index in [2.05, 4.69) is 34.3 Å². The van der Waals surface area contributed by atoms with Gasteiger partial charge in [0.25, 0.3) is 0 Å². The van der Waals surface area contributed by atoms with Gasteiger partial charge in [-0.1, -0.05) is 19.2 Å². The summed E-state index contributed by atoms with van der Waals surface area (Å²) >= 11 is 0. The van der Waals surface area contributed by atoms with Crippen molar-refractivity contribution in [3.63, 3.8) is 0 Å². The van der Waals surface area contributed by atoms with Gasteiger partial charge in [-0.3, -0.25) is 0 Å². The maximum Gasteiger partial charge on any atom is 0.103 e. The second kappa shape index (κ2) is 4.53. The molecule has 0 aromatic carbocycles. The van der Waals surface area contributed by atoms with E-state index in [0.29, 0.717) is 0 Å². The summed E-state index contributed by atoms with van der Waals surface area (Å²) in [5.74, 6) is 0. The third-order valence-electron chi connectivity index (χ3n) is 0.966. The van der Waals surface area contributed by atoms with Crippen LogP contribution >= 0.6 is 0 Å². The highest BCUT2D eigenvalue weighted by molar-refractivity contribution is 5.10. The maximum absolute atomic E-state index is 3.82. The van der Waals surface area contributed by atoms with Gasteiger partial charge < -0.3 is 16.9 Å². The van der Waals surface area contributed by atoms with Gasteiger partial charge in [-0.05, 0) is 5.57 Å². The van der Waals surface area contributed by atoms with E-state index in [1.807, 2.05) is 6.08 Å². The van der Waals surface area contributed by atoms with E-state index in [1.54, 1.807) is 0 Å². The second-order valence-electron chi connectivity index (χ2n) is 3.31. The number of halogens is 1. The molecule has 0 rings (SSSR count). The van der Waals surface area contributed by atoms with Crippen LogP contribution in [-0.2, 0) is 0 Å². The van der Waals surface area contributed by atoms with Gasteiger partial charge in [0, 0.05) is 0 Å². The standard InChI is InChI=1S/C8H16N.ClH/c1-6-8(2)7-9(3,4)5;/h6H,1-2,7H2,3-5H3;1H/q+1;/p-1. The van der Waals surface area contributed by atoms with Gasteiger partial charge in [0.1, 0.15) is 6.54 Å². The summed E-state index contributed by atoms with van der Waals surface area (Å²) in [6.45, 7) is 8.44. The molecule has 0 unspecified atom stereocenters. The SMILES string of the molecule is C=CC(=C)C[N+](C)(C)C.[Cl-]. The molecule has 0 atom stereocenters. The van der Waals surface area contributed by atoms with Gasteiger partial charge in [-0.2, -0.15) is 0 Å². The van der Waals surface area contributed by atoms with E-state index in [0.717, 1.165) is 16.6 Å². The quantitative estimate of drug-likeness (QED) is 0.347. The maximum atomic E-state index is 3.82. The van der Waals surface area contributed by atoms with Crippen molar-refractivity contribution in [2.24, 2.45) is 0 Å². The Morgan fingerprint density at radius 2 is 1.80 bits per heavy atom. The minimum atomic E-state index is 0. The number of quaternary nitrogens is 1. The third-order valence-corrected chi connectivity index (χ3v) is 0.966. The summed E-state index contributed by atoms with van der Waals surface area (Å²) in [6.07, 6.45) is 1.81. The summed E-state index contributed by atoms with van der Waals surface area (Å²) in [5, 5.41) is 0. The molecule has 0 aromatic rings. The monoisotopic (exact) mass is 161 g/mol. The lowest BCUT2D eigenvalue weighted by atomic mass is 10.3. The molecule has 0 fully saturated rings. The molecule has 0 bridgehead atoms. The molecule has 0 saturated heterocycles. The van der Waals surface area contributed by atoms with Gasteiger partial charge in [0.2, 0.25) is 0 Å². The van der Waals surface area contributed by atoms with E-state index >= 15 is 0 Å². The van der Waals surface area contributed by atoms with Crippen LogP contribution in [0.5, 0.6) is 0 Å². The molecule has 0 amide bonds. The largest absolute Gasteiger partial charge is 1.00 e. The van der Waals surface area contributed by atoms with Crippen molar-refractivity contribution in [1.82, 2.24) is 0 Å². The molecule has 0 N–H and O–H groups in total. The van der Waals surface area contributed by atoms with Gasteiger partial charge in [0.15, 0.2) is 0 Å². The average molecular weight is 162 g/mol. The normalized spacial score (nSPS) is 9.90. The molecular weight excluding hydrogens is 146 g/mol. The van der Waals surface area contributed by atoms with Crippen LogP contribution in [0.2, 0.25) is 0 Å². The van der Waals surface area contributed by atoms with Crippen LogP contribution in [0.1, 0.15) is 0 Å². The molecule has 1 nitrogen and oxygen atoms in total. The Morgan fingerprint density at radius 3 is 1.90 bits per heavy atom. The molecular formula is C8H16ClN. The molecule has 0 heterocycles. The van der Waals surface area contributed by atoms with Crippen molar-refractivity contribution in [3.8, 4) is 0 Å². The topological polar surface area (TPSA) is 0 Å². The highest BCUT2D eigenvalue weighted by Gasteiger charge is 2.05. The molecule has 0 spiro atoms. The second-order valence-corrected chi connectivity index (χ2v) is 3.31. The van der Waals surface area contributed by atoms with Crippen molar-refractivity contribution < 1.29 is 16.9 Å². The fourth-order valence-corrected chi connectivity index (χ4v) is 0.674. The van der Waals surface area contributed by atoms with Crippen molar-refractivity contribution in [1.29, 1.82) is 0 Å². The lowest BCUT2D eigenvalue weighted by Gasteiger charge is -2.23. The van der Waals surface area contributed by atoms with E-state index < -0.39 is 0 Å². The van der Waals surface area contributed by atoms with E-state index in [9.17, 15) is 0 Å². The summed E-state index contributed by atoms with van der Waals surface area (Å²) < 4.78 is 0.921. The smallest absolute Gasteiger partial charge is 0.103 e. The Bertz CT molecular complexity index is 122. The predicted octanol–water partition coefficient (Wildman–Crippen LogP) is -1.56. The number of hydrogen-bond donors (Lipinski definition) is 0. The van der Waals surface area contributed by atoms with Crippen LogP contribution in [0.4, 0.5) is 0 Å². The van der Waals surface area contributed by atoms with Crippen LogP contribution in [-0.4, -0.2) is 32.2 Å². The zero-order valence-corrected chi connectivity index (χ0v) is 7.78. The van der Waals surface area contributed by atoms with Gasteiger partial charge in [0.05, 0.1) is 21.1 Å². The predicted molar refractivity (Wildman–Crippen MR) is 42.2 cm³/mol. The van der Waals surface area contributed by atoms with Crippen LogP contribution in [0.3, 0.4) is 0 Å². The fraction of sp³-hybridized carbons (Fsp3) is 0.500. The molecule has 2 heteroatoms. The molecule has 0 aliphatic carbocycles. The third kappa shape index (κ3) is 7.73. The molecule has 0 aliphatic rings. The van der Waals surface area contributed by atoms with E-state index in [4.69, 9.17) is 0 Å². The number of likely N-dealkylation sites (N-methyl/N-ethyl adjacent to an activating group) is 1. The fourth-order valence-electron chi connectivity index (χ4n) is 0.674. The minimum Gasteiger partial charge on any atom is -1.00 e. The molecule has 0 aromatic heterocycles. The molecule has 60 valence electrons. The van der Waals surface area contributed by atoms with Crippen LogP contribution < -0.4 is 12.4 Å². The number of hydrogen-bond acceptors (Lipinski definition) is 0. The zero-order chi connectivity index (χ0) is 7.49. The van der Waals surface area contributed by atoms with Crippen molar-refractivity contribution in [2.75, 3.05) is 27.7 Å². The first kappa shape index (κ1) is 12.4. The Hall–Kier alpha value is -0.270. The Morgan fingerprint density at radius 1 is 1.40 bits per heavy atom. The first-order valence-electron chi connectivity index (χ1n) is 3.06. The summed E-state index contributed by atoms with van der Waals surface area (Å²) in [4.78, 5) is 0. The van der Waals surface area contributed by atoms with Crippen LogP contribution in [0.25, 0.3) is 0 Å². The number of rotatable bonds is 3. The lowest BCUT2D eigenvalue weighted by Crippen LogP contribution is -3.00. The van der Waals surface area contributed by atoms with Crippen LogP contribution in [0.15, 0.2) is 24.8 Å². The highest BCUT2D eigenvalue weighted by Crippen LogP contribution is 1.98. The Kier molecular flexibility index (Phi) is 5.62. The average Bonchev–Trinajstić information content (AvgIpc) is 1.62. The van der Waals surface area contributed by atoms with Crippen molar-refractivity contribution in [3.05, 3.63) is 24.8 Å². The first-order chi connectivity index (χ1) is 3.95. The summed E-state index contributed by atoms with van der Waals surface area (Å²) in [6, 6.07) is 0.